The molecule has 1 N–H and O–H groups in total. The summed E-state index contributed by atoms with van der Waals surface area (Å²) in [4.78, 5) is 17.4. The van der Waals surface area contributed by atoms with Gasteiger partial charge in [0.15, 0.2) is 0 Å². The minimum absolute atomic E-state index is 0.245. The Morgan fingerprint density at radius 1 is 1.35 bits per heavy atom. The molecule has 0 aliphatic rings. The number of fused-ring (bicyclic) bond motifs is 1. The van der Waals surface area contributed by atoms with Gasteiger partial charge in [-0.1, -0.05) is 12.1 Å². The van der Waals surface area contributed by atoms with Gasteiger partial charge in [-0.3, -0.25) is 4.98 Å². The zero-order chi connectivity index (χ0) is 12.6. The van der Waals surface area contributed by atoms with E-state index in [0.29, 0.717) is 5.52 Å². The monoisotopic (exact) mass is 230 g/mol. The number of pyridine rings is 1. The predicted octanol–water partition coefficient (Wildman–Crippen LogP) is 2.31. The highest BCUT2D eigenvalue weighted by Gasteiger charge is 2.13. The number of carboxylic acids is 1. The van der Waals surface area contributed by atoms with Crippen LogP contribution < -0.4 is 4.90 Å². The van der Waals surface area contributed by atoms with E-state index in [1.807, 2.05) is 38.1 Å². The van der Waals surface area contributed by atoms with Gasteiger partial charge in [0, 0.05) is 30.9 Å². The second-order valence-corrected chi connectivity index (χ2v) is 4.18. The molecule has 0 radical (unpaired) electrons. The standard InChI is InChI=1S/C13H14N2O2/c1-8-7-11(15(2)3)9-5-4-6-10(13(16)17)12(9)14-8/h4-7H,1-3H3,(H,16,17). The Hall–Kier alpha value is -2.10. The van der Waals surface area contributed by atoms with Crippen LogP contribution in [0, 0.1) is 6.92 Å². The first-order valence-corrected chi connectivity index (χ1v) is 5.31. The number of aromatic nitrogens is 1. The molecule has 2 aromatic rings. The summed E-state index contributed by atoms with van der Waals surface area (Å²) < 4.78 is 0. The zero-order valence-electron chi connectivity index (χ0n) is 10.1. The average Bonchev–Trinajstić information content (AvgIpc) is 2.26. The fourth-order valence-corrected chi connectivity index (χ4v) is 1.90. The van der Waals surface area contributed by atoms with Gasteiger partial charge in [-0.05, 0) is 19.1 Å². The third kappa shape index (κ3) is 1.93. The third-order valence-electron chi connectivity index (χ3n) is 2.66. The van der Waals surface area contributed by atoms with E-state index in [-0.39, 0.29) is 5.56 Å². The maximum absolute atomic E-state index is 11.2. The maximum Gasteiger partial charge on any atom is 0.337 e. The lowest BCUT2D eigenvalue weighted by atomic mass is 10.1. The van der Waals surface area contributed by atoms with Gasteiger partial charge in [0.2, 0.25) is 0 Å². The van der Waals surface area contributed by atoms with Crippen molar-refractivity contribution in [3.8, 4) is 0 Å². The summed E-state index contributed by atoms with van der Waals surface area (Å²) in [5, 5.41) is 10.0. The van der Waals surface area contributed by atoms with Crippen LogP contribution in [-0.4, -0.2) is 30.2 Å². The normalized spacial score (nSPS) is 10.5. The smallest absolute Gasteiger partial charge is 0.337 e. The molecule has 1 aromatic heterocycles. The van der Waals surface area contributed by atoms with Crippen LogP contribution in [0.5, 0.6) is 0 Å². The van der Waals surface area contributed by atoms with Crippen LogP contribution in [0.2, 0.25) is 0 Å². The predicted molar refractivity (Wildman–Crippen MR) is 67.8 cm³/mol. The van der Waals surface area contributed by atoms with Crippen molar-refractivity contribution < 1.29 is 9.90 Å². The fraction of sp³-hybridized carbons (Fsp3) is 0.231. The summed E-state index contributed by atoms with van der Waals surface area (Å²) in [6.07, 6.45) is 0. The zero-order valence-corrected chi connectivity index (χ0v) is 10.1. The molecule has 0 saturated heterocycles. The molecule has 1 aromatic carbocycles. The number of rotatable bonds is 2. The highest BCUT2D eigenvalue weighted by Crippen LogP contribution is 2.27. The molecule has 2 rings (SSSR count). The van der Waals surface area contributed by atoms with E-state index < -0.39 is 5.97 Å². The highest BCUT2D eigenvalue weighted by atomic mass is 16.4. The van der Waals surface area contributed by atoms with Gasteiger partial charge < -0.3 is 10.0 Å². The molecule has 0 fully saturated rings. The molecule has 0 spiro atoms. The Morgan fingerprint density at radius 2 is 2.06 bits per heavy atom. The topological polar surface area (TPSA) is 53.4 Å². The van der Waals surface area contributed by atoms with E-state index in [9.17, 15) is 4.79 Å². The van der Waals surface area contributed by atoms with Crippen molar-refractivity contribution in [2.24, 2.45) is 0 Å². The molecular weight excluding hydrogens is 216 g/mol. The number of aryl methyl sites for hydroxylation is 1. The van der Waals surface area contributed by atoms with Gasteiger partial charge in [0.25, 0.3) is 0 Å². The summed E-state index contributed by atoms with van der Waals surface area (Å²) >= 11 is 0. The van der Waals surface area contributed by atoms with E-state index >= 15 is 0 Å². The average molecular weight is 230 g/mol. The SMILES string of the molecule is Cc1cc(N(C)C)c2cccc(C(=O)O)c2n1. The number of hydrogen-bond acceptors (Lipinski definition) is 3. The highest BCUT2D eigenvalue weighted by molar-refractivity contribution is 6.05. The molecule has 17 heavy (non-hydrogen) atoms. The Labute approximate surface area is 99.5 Å². The quantitative estimate of drug-likeness (QED) is 0.860. The van der Waals surface area contributed by atoms with Crippen molar-refractivity contribution in [2.75, 3.05) is 19.0 Å². The van der Waals surface area contributed by atoms with E-state index in [1.54, 1.807) is 12.1 Å². The number of carboxylic acid groups (broad SMARTS) is 1. The Balaban J connectivity index is 2.88. The second kappa shape index (κ2) is 4.05. The summed E-state index contributed by atoms with van der Waals surface area (Å²) in [7, 11) is 3.86. The van der Waals surface area contributed by atoms with Crippen molar-refractivity contribution >= 4 is 22.6 Å². The van der Waals surface area contributed by atoms with Gasteiger partial charge in [-0.15, -0.1) is 0 Å². The number of carbonyl (C=O) groups is 1. The van der Waals surface area contributed by atoms with Crippen molar-refractivity contribution in [3.63, 3.8) is 0 Å². The van der Waals surface area contributed by atoms with E-state index in [0.717, 1.165) is 16.8 Å². The molecule has 0 amide bonds. The molecule has 0 atom stereocenters. The maximum atomic E-state index is 11.2. The number of hydrogen-bond donors (Lipinski definition) is 1. The first kappa shape index (κ1) is 11.4. The number of aromatic carboxylic acids is 1. The lowest BCUT2D eigenvalue weighted by Gasteiger charge is -2.16. The van der Waals surface area contributed by atoms with Crippen LogP contribution in [0.4, 0.5) is 5.69 Å². The Bertz CT molecular complexity index is 591. The van der Waals surface area contributed by atoms with Crippen molar-refractivity contribution in [3.05, 3.63) is 35.5 Å². The second-order valence-electron chi connectivity index (χ2n) is 4.18. The van der Waals surface area contributed by atoms with Gasteiger partial charge >= 0.3 is 5.97 Å². The van der Waals surface area contributed by atoms with Crippen LogP contribution in [0.25, 0.3) is 10.9 Å². The van der Waals surface area contributed by atoms with Crippen molar-refractivity contribution in [1.82, 2.24) is 4.98 Å². The van der Waals surface area contributed by atoms with Crippen LogP contribution in [0.15, 0.2) is 24.3 Å². The molecule has 0 unspecified atom stereocenters. The Morgan fingerprint density at radius 3 is 2.65 bits per heavy atom. The number of nitrogens with zero attached hydrogens (tertiary/aromatic N) is 2. The van der Waals surface area contributed by atoms with Gasteiger partial charge in [0.1, 0.15) is 0 Å². The van der Waals surface area contributed by atoms with Gasteiger partial charge in [-0.25, -0.2) is 4.79 Å². The molecule has 1 heterocycles. The van der Waals surface area contributed by atoms with E-state index in [2.05, 4.69) is 4.98 Å². The summed E-state index contributed by atoms with van der Waals surface area (Å²) in [6.45, 7) is 1.87. The first-order chi connectivity index (χ1) is 8.00. The molecule has 0 aliphatic heterocycles. The molecule has 4 nitrogen and oxygen atoms in total. The van der Waals surface area contributed by atoms with E-state index in [1.165, 1.54) is 0 Å². The number of benzene rings is 1. The molecule has 88 valence electrons. The minimum Gasteiger partial charge on any atom is -0.478 e. The van der Waals surface area contributed by atoms with Crippen molar-refractivity contribution in [2.45, 2.75) is 6.92 Å². The van der Waals surface area contributed by atoms with Crippen LogP contribution in [0.1, 0.15) is 16.1 Å². The minimum atomic E-state index is -0.946. The molecular formula is C13H14N2O2. The Kier molecular flexibility index (Phi) is 2.71. The first-order valence-electron chi connectivity index (χ1n) is 5.31. The molecule has 0 aliphatic carbocycles. The lowest BCUT2D eigenvalue weighted by molar-refractivity contribution is 0.0699. The summed E-state index contributed by atoms with van der Waals surface area (Å²) in [5.74, 6) is -0.946. The molecule has 0 saturated carbocycles. The molecule has 0 bridgehead atoms. The summed E-state index contributed by atoms with van der Waals surface area (Å²) in [6, 6.07) is 7.17. The van der Waals surface area contributed by atoms with Crippen LogP contribution in [-0.2, 0) is 0 Å². The van der Waals surface area contributed by atoms with Crippen LogP contribution >= 0.6 is 0 Å². The lowest BCUT2D eigenvalue weighted by Crippen LogP contribution is -2.11. The van der Waals surface area contributed by atoms with E-state index in [4.69, 9.17) is 5.11 Å². The van der Waals surface area contributed by atoms with Crippen LogP contribution in [0.3, 0.4) is 0 Å². The van der Waals surface area contributed by atoms with Gasteiger partial charge in [0.05, 0.1) is 11.1 Å². The largest absolute Gasteiger partial charge is 0.478 e. The molecule has 4 heteroatoms. The van der Waals surface area contributed by atoms with Gasteiger partial charge in [-0.2, -0.15) is 0 Å². The summed E-state index contributed by atoms with van der Waals surface area (Å²) in [5.41, 5.74) is 2.59. The third-order valence-corrected chi connectivity index (χ3v) is 2.66. The number of anilines is 1. The van der Waals surface area contributed by atoms with Crippen molar-refractivity contribution in [1.29, 1.82) is 0 Å². The fourth-order valence-electron chi connectivity index (χ4n) is 1.90. The number of para-hydroxylation sites is 1.